The van der Waals surface area contributed by atoms with Crippen LogP contribution in [0, 0.1) is 5.92 Å². The van der Waals surface area contributed by atoms with E-state index < -0.39 is 0 Å². The standard InChI is InChI=1S/C16H24N2O4/c1-11-7-14(11)15-4-3-12(22-15)8-17-16(19)18-5-6-21-13(9-18)10-20-2/h3-4,11,13-14H,5-10H2,1-2H3,(H,17,19)/t11-,13+,14-/m1/s1. The third-order valence-corrected chi connectivity index (χ3v) is 4.35. The molecule has 1 aliphatic carbocycles. The van der Waals surface area contributed by atoms with Crippen LogP contribution in [0.3, 0.4) is 0 Å². The molecular formula is C16H24N2O4. The molecule has 1 saturated carbocycles. The topological polar surface area (TPSA) is 63.9 Å². The third-order valence-electron chi connectivity index (χ3n) is 4.35. The predicted molar refractivity (Wildman–Crippen MR) is 80.7 cm³/mol. The summed E-state index contributed by atoms with van der Waals surface area (Å²) < 4.78 is 16.4. The van der Waals surface area contributed by atoms with Crippen LogP contribution in [0.5, 0.6) is 0 Å². The molecule has 2 aliphatic rings. The number of carbonyl (C=O) groups is 1. The SMILES string of the molecule is COC[C@@H]1CN(C(=O)NCc2ccc([C@@H]3C[C@H]3C)o2)CCO1. The van der Waals surface area contributed by atoms with Crippen molar-refractivity contribution in [2.75, 3.05) is 33.4 Å². The van der Waals surface area contributed by atoms with Crippen molar-refractivity contribution < 1.29 is 18.7 Å². The summed E-state index contributed by atoms with van der Waals surface area (Å²) >= 11 is 0. The molecule has 22 heavy (non-hydrogen) atoms. The van der Waals surface area contributed by atoms with Crippen LogP contribution >= 0.6 is 0 Å². The zero-order chi connectivity index (χ0) is 15.5. The maximum atomic E-state index is 12.2. The zero-order valence-electron chi connectivity index (χ0n) is 13.2. The van der Waals surface area contributed by atoms with E-state index >= 15 is 0 Å². The van der Waals surface area contributed by atoms with Crippen molar-refractivity contribution in [3.05, 3.63) is 23.7 Å². The van der Waals surface area contributed by atoms with E-state index in [9.17, 15) is 4.79 Å². The minimum Gasteiger partial charge on any atom is -0.464 e. The molecule has 3 atom stereocenters. The lowest BCUT2D eigenvalue weighted by Gasteiger charge is -2.32. The van der Waals surface area contributed by atoms with Gasteiger partial charge in [-0.2, -0.15) is 0 Å². The van der Waals surface area contributed by atoms with E-state index in [4.69, 9.17) is 13.9 Å². The Morgan fingerprint density at radius 2 is 2.32 bits per heavy atom. The maximum Gasteiger partial charge on any atom is 0.317 e. The van der Waals surface area contributed by atoms with Gasteiger partial charge < -0.3 is 24.1 Å². The average Bonchev–Trinajstić information content (AvgIpc) is 3.07. The van der Waals surface area contributed by atoms with E-state index in [2.05, 4.69) is 12.2 Å². The first-order valence-corrected chi connectivity index (χ1v) is 7.89. The lowest BCUT2D eigenvalue weighted by molar-refractivity contribution is -0.0494. The number of rotatable bonds is 5. The fourth-order valence-electron chi connectivity index (χ4n) is 2.87. The number of furan rings is 1. The highest BCUT2D eigenvalue weighted by Crippen LogP contribution is 2.47. The monoisotopic (exact) mass is 308 g/mol. The number of nitrogens with zero attached hydrogens (tertiary/aromatic N) is 1. The molecule has 1 aromatic heterocycles. The number of morpholine rings is 1. The molecule has 2 heterocycles. The highest BCUT2D eigenvalue weighted by atomic mass is 16.5. The molecule has 6 heteroatoms. The minimum atomic E-state index is -0.0813. The summed E-state index contributed by atoms with van der Waals surface area (Å²) in [7, 11) is 1.64. The summed E-state index contributed by atoms with van der Waals surface area (Å²) in [6.45, 7) is 4.87. The number of nitrogens with one attached hydrogen (secondary N) is 1. The van der Waals surface area contributed by atoms with Gasteiger partial charge in [-0.3, -0.25) is 0 Å². The van der Waals surface area contributed by atoms with Crippen LogP contribution in [-0.2, 0) is 16.0 Å². The first-order valence-electron chi connectivity index (χ1n) is 7.89. The molecule has 2 amide bonds. The Kier molecular flexibility index (Phi) is 4.69. The minimum absolute atomic E-state index is 0.0453. The molecule has 3 rings (SSSR count). The van der Waals surface area contributed by atoms with Crippen molar-refractivity contribution >= 4 is 6.03 Å². The van der Waals surface area contributed by atoms with Gasteiger partial charge in [0.05, 0.1) is 32.4 Å². The van der Waals surface area contributed by atoms with Gasteiger partial charge in [0.2, 0.25) is 0 Å². The first-order chi connectivity index (χ1) is 10.7. The molecule has 122 valence electrons. The van der Waals surface area contributed by atoms with E-state index in [1.807, 2.05) is 12.1 Å². The van der Waals surface area contributed by atoms with Crippen LogP contribution in [-0.4, -0.2) is 50.4 Å². The van der Waals surface area contributed by atoms with E-state index in [1.165, 1.54) is 6.42 Å². The van der Waals surface area contributed by atoms with Gasteiger partial charge in [0.1, 0.15) is 11.5 Å². The first kappa shape index (κ1) is 15.4. The smallest absolute Gasteiger partial charge is 0.317 e. The van der Waals surface area contributed by atoms with Gasteiger partial charge in [0.15, 0.2) is 0 Å². The van der Waals surface area contributed by atoms with E-state index in [0.717, 1.165) is 17.4 Å². The summed E-state index contributed by atoms with van der Waals surface area (Å²) in [6, 6.07) is 3.90. The van der Waals surface area contributed by atoms with Gasteiger partial charge >= 0.3 is 6.03 Å². The van der Waals surface area contributed by atoms with Gasteiger partial charge in [0, 0.05) is 19.6 Å². The molecule has 6 nitrogen and oxygen atoms in total. The molecule has 2 fully saturated rings. The Morgan fingerprint density at radius 3 is 3.05 bits per heavy atom. The third kappa shape index (κ3) is 3.62. The zero-order valence-corrected chi connectivity index (χ0v) is 13.2. The van der Waals surface area contributed by atoms with Crippen LogP contribution in [0.1, 0.15) is 30.8 Å². The molecule has 0 spiro atoms. The van der Waals surface area contributed by atoms with Crippen LogP contribution in [0.15, 0.2) is 16.5 Å². The molecule has 1 aromatic rings. The Bertz CT molecular complexity index is 514. The number of amides is 2. The fraction of sp³-hybridized carbons (Fsp3) is 0.688. The molecule has 1 N–H and O–H groups in total. The van der Waals surface area contributed by atoms with Crippen LogP contribution < -0.4 is 5.32 Å². The summed E-state index contributed by atoms with van der Waals surface area (Å²) in [6.07, 6.45) is 1.16. The molecule has 0 radical (unpaired) electrons. The Morgan fingerprint density at radius 1 is 1.50 bits per heavy atom. The number of ether oxygens (including phenoxy) is 2. The summed E-state index contributed by atoms with van der Waals surface area (Å²) in [5.41, 5.74) is 0. The van der Waals surface area contributed by atoms with Crippen molar-refractivity contribution in [3.8, 4) is 0 Å². The number of urea groups is 1. The van der Waals surface area contributed by atoms with Gasteiger partial charge in [-0.1, -0.05) is 6.92 Å². The van der Waals surface area contributed by atoms with Crippen molar-refractivity contribution in [3.63, 3.8) is 0 Å². The predicted octanol–water partition coefficient (Wildman–Crippen LogP) is 1.96. The number of hydrogen-bond acceptors (Lipinski definition) is 4. The fourth-order valence-corrected chi connectivity index (χ4v) is 2.87. The second-order valence-electron chi connectivity index (χ2n) is 6.18. The van der Waals surface area contributed by atoms with Gasteiger partial charge in [-0.05, 0) is 24.5 Å². The summed E-state index contributed by atoms with van der Waals surface area (Å²) in [5, 5.41) is 2.91. The summed E-state index contributed by atoms with van der Waals surface area (Å²) in [5.74, 6) is 3.14. The van der Waals surface area contributed by atoms with E-state index in [0.29, 0.717) is 38.8 Å². The quantitative estimate of drug-likeness (QED) is 0.903. The van der Waals surface area contributed by atoms with E-state index in [-0.39, 0.29) is 12.1 Å². The van der Waals surface area contributed by atoms with Crippen LogP contribution in [0.2, 0.25) is 0 Å². The van der Waals surface area contributed by atoms with Gasteiger partial charge in [0.25, 0.3) is 0 Å². The van der Waals surface area contributed by atoms with Crippen molar-refractivity contribution in [2.45, 2.75) is 31.9 Å². The van der Waals surface area contributed by atoms with Gasteiger partial charge in [-0.15, -0.1) is 0 Å². The lowest BCUT2D eigenvalue weighted by atomic mass is 10.3. The van der Waals surface area contributed by atoms with Crippen molar-refractivity contribution in [1.82, 2.24) is 10.2 Å². The van der Waals surface area contributed by atoms with Gasteiger partial charge in [-0.25, -0.2) is 4.79 Å². The molecular weight excluding hydrogens is 284 g/mol. The second kappa shape index (κ2) is 6.71. The average molecular weight is 308 g/mol. The molecule has 0 bridgehead atoms. The van der Waals surface area contributed by atoms with Crippen molar-refractivity contribution in [1.29, 1.82) is 0 Å². The van der Waals surface area contributed by atoms with Crippen molar-refractivity contribution in [2.24, 2.45) is 5.92 Å². The Hall–Kier alpha value is -1.53. The second-order valence-corrected chi connectivity index (χ2v) is 6.18. The Balaban J connectivity index is 1.46. The summed E-state index contributed by atoms with van der Waals surface area (Å²) in [4.78, 5) is 14.0. The largest absolute Gasteiger partial charge is 0.464 e. The Labute approximate surface area is 130 Å². The number of hydrogen-bond donors (Lipinski definition) is 1. The normalized spacial score (nSPS) is 27.7. The molecule has 1 aliphatic heterocycles. The highest BCUT2D eigenvalue weighted by molar-refractivity contribution is 5.74. The molecule has 0 unspecified atom stereocenters. The molecule has 0 aromatic carbocycles. The number of carbonyl (C=O) groups excluding carboxylic acids is 1. The van der Waals surface area contributed by atoms with Crippen LogP contribution in [0.4, 0.5) is 4.79 Å². The van der Waals surface area contributed by atoms with Crippen LogP contribution in [0.25, 0.3) is 0 Å². The molecule has 1 saturated heterocycles. The number of methoxy groups -OCH3 is 1. The maximum absolute atomic E-state index is 12.2. The highest BCUT2D eigenvalue weighted by Gasteiger charge is 2.36. The lowest BCUT2D eigenvalue weighted by Crippen LogP contribution is -2.50. The van der Waals surface area contributed by atoms with E-state index in [1.54, 1.807) is 12.0 Å².